The number of hydrogen-bond donors (Lipinski definition) is 0. The monoisotopic (exact) mass is 319 g/mol. The van der Waals surface area contributed by atoms with Crippen molar-refractivity contribution in [1.29, 1.82) is 0 Å². The quantitative estimate of drug-likeness (QED) is 0.790. The van der Waals surface area contributed by atoms with Gasteiger partial charge in [0.15, 0.2) is 0 Å². The summed E-state index contributed by atoms with van der Waals surface area (Å²) in [6.07, 6.45) is 3.85. The van der Waals surface area contributed by atoms with Gasteiger partial charge >= 0.3 is 15.5 Å². The van der Waals surface area contributed by atoms with Crippen LogP contribution >= 0.6 is 0 Å². The van der Waals surface area contributed by atoms with Crippen LogP contribution in [0.4, 0.5) is 18.9 Å². The van der Waals surface area contributed by atoms with Crippen LogP contribution < -0.4 is 4.31 Å². The Kier molecular flexibility index (Phi) is 3.43. The highest BCUT2D eigenvalue weighted by atomic mass is 32.2. The summed E-state index contributed by atoms with van der Waals surface area (Å²) < 4.78 is 63.6. The minimum Gasteiger partial charge on any atom is -0.259 e. The molecule has 1 aromatic rings. The Labute approximate surface area is 121 Å². The lowest BCUT2D eigenvalue weighted by Gasteiger charge is -2.29. The normalized spacial score (nSPS) is 26.1. The maximum Gasteiger partial charge on any atom is 0.516 e. The van der Waals surface area contributed by atoms with E-state index in [4.69, 9.17) is 0 Å². The van der Waals surface area contributed by atoms with E-state index >= 15 is 0 Å². The molecule has 0 saturated heterocycles. The number of para-hydroxylation sites is 1. The highest BCUT2D eigenvalue weighted by Gasteiger charge is 2.56. The molecule has 1 saturated carbocycles. The SMILES string of the molecule is O=S(=O)(N1c2ccccc2C2CCCCCC21)C(F)(F)F. The number of nitrogens with zero attached hydrogens (tertiary/aromatic N) is 1. The third-order valence-electron chi connectivity index (χ3n) is 4.41. The Hall–Kier alpha value is -1.24. The van der Waals surface area contributed by atoms with Crippen molar-refractivity contribution in [3.63, 3.8) is 0 Å². The third-order valence-corrected chi connectivity index (χ3v) is 5.98. The lowest BCUT2D eigenvalue weighted by molar-refractivity contribution is -0.0440. The average molecular weight is 319 g/mol. The Morgan fingerprint density at radius 3 is 2.43 bits per heavy atom. The van der Waals surface area contributed by atoms with Crippen LogP contribution in [0.1, 0.15) is 43.6 Å². The van der Waals surface area contributed by atoms with Gasteiger partial charge in [0.05, 0.1) is 11.7 Å². The van der Waals surface area contributed by atoms with Crippen molar-refractivity contribution in [1.82, 2.24) is 0 Å². The van der Waals surface area contributed by atoms with E-state index in [0.29, 0.717) is 10.7 Å². The van der Waals surface area contributed by atoms with E-state index in [-0.39, 0.29) is 11.6 Å². The summed E-state index contributed by atoms with van der Waals surface area (Å²) in [6.45, 7) is 0. The fourth-order valence-corrected chi connectivity index (χ4v) is 4.79. The molecule has 0 radical (unpaired) electrons. The second-order valence-electron chi connectivity index (χ2n) is 5.62. The Balaban J connectivity index is 2.15. The van der Waals surface area contributed by atoms with Crippen molar-refractivity contribution in [3.05, 3.63) is 29.8 Å². The topological polar surface area (TPSA) is 37.4 Å². The van der Waals surface area contributed by atoms with Gasteiger partial charge in [-0.3, -0.25) is 4.31 Å². The highest BCUT2D eigenvalue weighted by Crippen LogP contribution is 2.50. The summed E-state index contributed by atoms with van der Waals surface area (Å²) in [5.41, 5.74) is -4.33. The molecular weight excluding hydrogens is 303 g/mol. The maximum absolute atomic E-state index is 13.0. The molecule has 0 N–H and O–H groups in total. The van der Waals surface area contributed by atoms with E-state index in [0.717, 1.165) is 31.2 Å². The fraction of sp³-hybridized carbons (Fsp3) is 0.571. The maximum atomic E-state index is 13.0. The van der Waals surface area contributed by atoms with Gasteiger partial charge in [-0.05, 0) is 24.5 Å². The molecule has 116 valence electrons. The lowest BCUT2D eigenvalue weighted by atomic mass is 9.91. The van der Waals surface area contributed by atoms with Crippen molar-refractivity contribution in [2.45, 2.75) is 49.6 Å². The predicted molar refractivity (Wildman–Crippen MR) is 73.5 cm³/mol. The largest absolute Gasteiger partial charge is 0.516 e. The Bertz CT molecular complexity index is 642. The predicted octanol–water partition coefficient (Wildman–Crippen LogP) is 3.77. The number of halogens is 3. The van der Waals surface area contributed by atoms with Crippen molar-refractivity contribution in [2.75, 3.05) is 4.31 Å². The van der Waals surface area contributed by atoms with Gasteiger partial charge in [-0.15, -0.1) is 0 Å². The van der Waals surface area contributed by atoms with Crippen LogP contribution in [0.15, 0.2) is 24.3 Å². The summed E-state index contributed by atoms with van der Waals surface area (Å²) in [7, 11) is -5.34. The molecule has 1 aromatic carbocycles. The second-order valence-corrected chi connectivity index (χ2v) is 7.42. The van der Waals surface area contributed by atoms with Gasteiger partial charge in [0.25, 0.3) is 0 Å². The first-order valence-electron chi connectivity index (χ1n) is 7.03. The van der Waals surface area contributed by atoms with Crippen LogP contribution in [-0.4, -0.2) is 20.0 Å². The van der Waals surface area contributed by atoms with E-state index in [2.05, 4.69) is 0 Å². The molecule has 1 aliphatic heterocycles. The summed E-state index contributed by atoms with van der Waals surface area (Å²) in [4.78, 5) is 0. The molecule has 0 bridgehead atoms. The van der Waals surface area contributed by atoms with Crippen LogP contribution in [0.25, 0.3) is 0 Å². The third kappa shape index (κ3) is 2.22. The minimum atomic E-state index is -5.34. The Morgan fingerprint density at radius 1 is 1.05 bits per heavy atom. The summed E-state index contributed by atoms with van der Waals surface area (Å²) in [6, 6.07) is 5.97. The minimum absolute atomic E-state index is 0.124. The van der Waals surface area contributed by atoms with Gasteiger partial charge in [0.2, 0.25) is 0 Å². The molecule has 2 aliphatic rings. The van der Waals surface area contributed by atoms with Crippen LogP contribution in [0.5, 0.6) is 0 Å². The molecule has 1 aliphatic carbocycles. The zero-order chi connectivity index (χ0) is 15.3. The first-order valence-corrected chi connectivity index (χ1v) is 8.47. The van der Waals surface area contributed by atoms with Gasteiger partial charge in [0, 0.05) is 5.92 Å². The molecule has 3 rings (SSSR count). The van der Waals surface area contributed by atoms with E-state index in [1.807, 2.05) is 0 Å². The zero-order valence-corrected chi connectivity index (χ0v) is 12.1. The second kappa shape index (κ2) is 4.90. The molecule has 1 heterocycles. The number of rotatable bonds is 1. The van der Waals surface area contributed by atoms with Crippen LogP contribution in [0.2, 0.25) is 0 Å². The average Bonchev–Trinajstić information content (AvgIpc) is 2.56. The molecule has 7 heteroatoms. The van der Waals surface area contributed by atoms with Gasteiger partial charge < -0.3 is 0 Å². The Morgan fingerprint density at radius 2 is 1.71 bits per heavy atom. The molecule has 0 spiro atoms. The van der Waals surface area contributed by atoms with Crippen LogP contribution in [-0.2, 0) is 10.0 Å². The van der Waals surface area contributed by atoms with E-state index in [1.165, 1.54) is 6.07 Å². The van der Waals surface area contributed by atoms with Crippen LogP contribution in [0.3, 0.4) is 0 Å². The van der Waals surface area contributed by atoms with E-state index < -0.39 is 21.6 Å². The van der Waals surface area contributed by atoms with Gasteiger partial charge in [-0.2, -0.15) is 21.6 Å². The number of anilines is 1. The summed E-state index contributed by atoms with van der Waals surface area (Å²) in [5.74, 6) is -0.124. The molecule has 1 fully saturated rings. The highest BCUT2D eigenvalue weighted by molar-refractivity contribution is 7.93. The molecule has 0 amide bonds. The molecule has 2 atom stereocenters. The number of hydrogen-bond acceptors (Lipinski definition) is 2. The molecule has 2 unspecified atom stereocenters. The summed E-state index contributed by atoms with van der Waals surface area (Å²) in [5, 5.41) is 0. The zero-order valence-electron chi connectivity index (χ0n) is 11.3. The van der Waals surface area contributed by atoms with Gasteiger partial charge in [0.1, 0.15) is 0 Å². The van der Waals surface area contributed by atoms with Crippen molar-refractivity contribution in [2.24, 2.45) is 0 Å². The first kappa shape index (κ1) is 14.7. The lowest BCUT2D eigenvalue weighted by Crippen LogP contribution is -2.45. The first-order chi connectivity index (χ1) is 9.84. The molecule has 21 heavy (non-hydrogen) atoms. The van der Waals surface area contributed by atoms with E-state index in [1.54, 1.807) is 18.2 Å². The van der Waals surface area contributed by atoms with Crippen molar-refractivity contribution in [3.8, 4) is 0 Å². The van der Waals surface area contributed by atoms with Gasteiger partial charge in [-0.25, -0.2) is 0 Å². The molecule has 3 nitrogen and oxygen atoms in total. The standard InChI is InChI=1S/C14H16F3NO2S/c15-14(16,17)21(19,20)18-12-8-3-1-2-6-10(12)11-7-4-5-9-13(11)18/h4-5,7,9-10,12H,1-3,6,8H2. The van der Waals surface area contributed by atoms with E-state index in [9.17, 15) is 21.6 Å². The number of sulfonamides is 1. The van der Waals surface area contributed by atoms with Crippen LogP contribution in [0, 0.1) is 0 Å². The number of benzene rings is 1. The summed E-state index contributed by atoms with van der Waals surface area (Å²) >= 11 is 0. The smallest absolute Gasteiger partial charge is 0.259 e. The molecule has 0 aromatic heterocycles. The molecular formula is C14H16F3NO2S. The fourth-order valence-electron chi connectivity index (χ4n) is 3.53. The number of fused-ring (bicyclic) bond motifs is 3. The van der Waals surface area contributed by atoms with Gasteiger partial charge in [-0.1, -0.05) is 37.5 Å². The van der Waals surface area contributed by atoms with Crippen molar-refractivity contribution >= 4 is 15.7 Å². The van der Waals surface area contributed by atoms with Crippen molar-refractivity contribution < 1.29 is 21.6 Å². The number of alkyl halides is 3.